The van der Waals surface area contributed by atoms with Crippen molar-refractivity contribution in [3.63, 3.8) is 0 Å². The van der Waals surface area contributed by atoms with E-state index in [0.717, 1.165) is 0 Å². The molecule has 0 unspecified atom stereocenters. The molecule has 0 fully saturated rings. The predicted octanol–water partition coefficient (Wildman–Crippen LogP) is 1.16. The van der Waals surface area contributed by atoms with Gasteiger partial charge in [-0.2, -0.15) is 8.42 Å². The minimum Gasteiger partial charge on any atom is -0.508 e. The summed E-state index contributed by atoms with van der Waals surface area (Å²) < 4.78 is 31.6. The Morgan fingerprint density at radius 2 is 1.31 bits per heavy atom. The third-order valence-corrected chi connectivity index (χ3v) is 0.756. The van der Waals surface area contributed by atoms with Gasteiger partial charge in [0.15, 0.2) is 0 Å². The highest BCUT2D eigenvalue weighted by molar-refractivity contribution is 7.79. The van der Waals surface area contributed by atoms with Crippen molar-refractivity contribution in [2.24, 2.45) is 0 Å². The van der Waals surface area contributed by atoms with E-state index in [9.17, 15) is 0 Å². The van der Waals surface area contributed by atoms with E-state index in [1.54, 1.807) is 24.3 Å². The number of hydrogen-bond donors (Lipinski definition) is 3. The average Bonchev–Trinajstić information content (AvgIpc) is 1.85. The third kappa shape index (κ3) is 18.3. The molecular formula is C6H9ClO5S. The van der Waals surface area contributed by atoms with Gasteiger partial charge in [-0.25, -0.2) is 0 Å². The lowest BCUT2D eigenvalue weighted by Crippen LogP contribution is -1.89. The fourth-order valence-electron chi connectivity index (χ4n) is 0.428. The zero-order valence-electron chi connectivity index (χ0n) is 6.36. The Bertz CT molecular complexity index is 301. The first-order valence-electron chi connectivity index (χ1n) is 2.83. The number of halogens is 1. The Morgan fingerprint density at radius 1 is 1.00 bits per heavy atom. The van der Waals surface area contributed by atoms with Crippen molar-refractivity contribution in [2.45, 2.75) is 0 Å². The number of hydrogen-bond acceptors (Lipinski definition) is 3. The highest BCUT2D eigenvalue weighted by Gasteiger charge is 1.84. The van der Waals surface area contributed by atoms with Crippen LogP contribution >= 0.6 is 12.4 Å². The molecule has 7 heteroatoms. The first-order valence-corrected chi connectivity index (χ1v) is 4.23. The Balaban J connectivity index is 0. The molecule has 76 valence electrons. The first-order chi connectivity index (χ1) is 5.39. The molecule has 1 aromatic carbocycles. The molecule has 0 spiro atoms. The van der Waals surface area contributed by atoms with Gasteiger partial charge < -0.3 is 5.11 Å². The molecule has 0 bridgehead atoms. The van der Waals surface area contributed by atoms with E-state index in [1.807, 2.05) is 6.07 Å². The smallest absolute Gasteiger partial charge is 0.394 e. The van der Waals surface area contributed by atoms with E-state index in [4.69, 9.17) is 22.6 Å². The molecule has 0 heterocycles. The van der Waals surface area contributed by atoms with Gasteiger partial charge in [0.05, 0.1) is 0 Å². The zero-order chi connectivity index (χ0) is 9.61. The van der Waals surface area contributed by atoms with Crippen molar-refractivity contribution in [2.75, 3.05) is 0 Å². The highest BCUT2D eigenvalue weighted by atomic mass is 35.5. The van der Waals surface area contributed by atoms with Crippen LogP contribution in [0.25, 0.3) is 0 Å². The van der Waals surface area contributed by atoms with E-state index >= 15 is 0 Å². The lowest BCUT2D eigenvalue weighted by atomic mass is 10.3. The van der Waals surface area contributed by atoms with Crippen molar-refractivity contribution in [3.8, 4) is 5.75 Å². The van der Waals surface area contributed by atoms with E-state index in [2.05, 4.69) is 0 Å². The van der Waals surface area contributed by atoms with E-state index in [-0.39, 0.29) is 12.4 Å². The van der Waals surface area contributed by atoms with E-state index in [1.165, 1.54) is 0 Å². The van der Waals surface area contributed by atoms with Crippen LogP contribution in [0.5, 0.6) is 5.75 Å². The largest absolute Gasteiger partial charge is 0.508 e. The summed E-state index contributed by atoms with van der Waals surface area (Å²) in [5.74, 6) is 0.322. The summed E-state index contributed by atoms with van der Waals surface area (Å²) in [4.78, 5) is 0. The molecule has 0 saturated carbocycles. The van der Waals surface area contributed by atoms with Crippen molar-refractivity contribution in [1.82, 2.24) is 0 Å². The van der Waals surface area contributed by atoms with Crippen molar-refractivity contribution in [3.05, 3.63) is 30.3 Å². The summed E-state index contributed by atoms with van der Waals surface area (Å²) in [7, 11) is -4.67. The molecule has 0 amide bonds. The van der Waals surface area contributed by atoms with Crippen LogP contribution in [0, 0.1) is 0 Å². The van der Waals surface area contributed by atoms with Gasteiger partial charge in [0, 0.05) is 0 Å². The number of phenols is 1. The molecule has 0 aliphatic rings. The Hall–Kier alpha value is -0.820. The van der Waals surface area contributed by atoms with E-state index < -0.39 is 10.4 Å². The van der Waals surface area contributed by atoms with Gasteiger partial charge in [0.25, 0.3) is 0 Å². The first kappa shape index (κ1) is 14.7. The summed E-state index contributed by atoms with van der Waals surface area (Å²) in [5, 5.41) is 8.63. The van der Waals surface area contributed by atoms with Gasteiger partial charge in [0.2, 0.25) is 0 Å². The predicted molar refractivity (Wildman–Crippen MR) is 49.5 cm³/mol. The summed E-state index contributed by atoms with van der Waals surface area (Å²) in [6.45, 7) is 0. The van der Waals surface area contributed by atoms with Crippen LogP contribution in [0.15, 0.2) is 30.3 Å². The molecular weight excluding hydrogens is 220 g/mol. The quantitative estimate of drug-likeness (QED) is 0.580. The van der Waals surface area contributed by atoms with Gasteiger partial charge >= 0.3 is 10.4 Å². The molecule has 3 N–H and O–H groups in total. The van der Waals surface area contributed by atoms with Crippen molar-refractivity contribution < 1.29 is 22.6 Å². The van der Waals surface area contributed by atoms with E-state index in [0.29, 0.717) is 5.75 Å². The third-order valence-electron chi connectivity index (χ3n) is 0.756. The number of rotatable bonds is 0. The molecule has 1 rings (SSSR count). The molecule has 5 nitrogen and oxygen atoms in total. The maximum absolute atomic E-state index is 8.74. The molecule has 0 aromatic heterocycles. The summed E-state index contributed by atoms with van der Waals surface area (Å²) in [5.41, 5.74) is 0. The number of aromatic hydroxyl groups is 1. The highest BCUT2D eigenvalue weighted by Crippen LogP contribution is 2.02. The van der Waals surface area contributed by atoms with Crippen LogP contribution < -0.4 is 0 Å². The van der Waals surface area contributed by atoms with Gasteiger partial charge in [-0.15, -0.1) is 12.4 Å². The zero-order valence-corrected chi connectivity index (χ0v) is 7.99. The van der Waals surface area contributed by atoms with Gasteiger partial charge in [-0.1, -0.05) is 18.2 Å². The summed E-state index contributed by atoms with van der Waals surface area (Å²) >= 11 is 0. The Labute approximate surface area is 82.0 Å². The molecule has 0 saturated heterocycles. The fraction of sp³-hybridized carbons (Fsp3) is 0. The van der Waals surface area contributed by atoms with Crippen molar-refractivity contribution in [1.29, 1.82) is 0 Å². The Kier molecular flexibility index (Phi) is 7.54. The van der Waals surface area contributed by atoms with Crippen LogP contribution in [0.1, 0.15) is 0 Å². The number of phenolic OH excluding ortho intramolecular Hbond substituents is 1. The SMILES string of the molecule is Cl.O=S(=O)(O)O.Oc1ccccc1. The van der Waals surface area contributed by atoms with Gasteiger partial charge in [-0.05, 0) is 12.1 Å². The summed E-state index contributed by atoms with van der Waals surface area (Å²) in [6, 6.07) is 8.71. The van der Waals surface area contributed by atoms with Crippen LogP contribution in [0.4, 0.5) is 0 Å². The second-order valence-electron chi connectivity index (χ2n) is 1.78. The molecule has 0 aliphatic heterocycles. The fourth-order valence-corrected chi connectivity index (χ4v) is 0.428. The van der Waals surface area contributed by atoms with Gasteiger partial charge in [0.1, 0.15) is 5.75 Å². The minimum atomic E-state index is -4.67. The normalized spacial score (nSPS) is 9.08. The van der Waals surface area contributed by atoms with Crippen molar-refractivity contribution >= 4 is 22.8 Å². The number of para-hydroxylation sites is 1. The van der Waals surface area contributed by atoms with Crippen LogP contribution in [0.3, 0.4) is 0 Å². The van der Waals surface area contributed by atoms with Crippen LogP contribution in [-0.4, -0.2) is 22.6 Å². The van der Waals surface area contributed by atoms with Crippen LogP contribution in [0.2, 0.25) is 0 Å². The minimum absolute atomic E-state index is 0. The Morgan fingerprint density at radius 3 is 1.46 bits per heavy atom. The van der Waals surface area contributed by atoms with Gasteiger partial charge in [-0.3, -0.25) is 9.11 Å². The number of benzene rings is 1. The molecule has 13 heavy (non-hydrogen) atoms. The summed E-state index contributed by atoms with van der Waals surface area (Å²) in [6.07, 6.45) is 0. The molecule has 1 aromatic rings. The lowest BCUT2D eigenvalue weighted by Gasteiger charge is -1.82. The standard InChI is InChI=1S/C6H6O.ClH.H2O4S/c7-6-4-2-1-3-5-6;;1-5(2,3)4/h1-5,7H;1H;(H2,1,2,3,4). The second-order valence-corrected chi connectivity index (χ2v) is 2.68. The monoisotopic (exact) mass is 228 g/mol. The second kappa shape index (κ2) is 6.67. The average molecular weight is 229 g/mol. The molecule has 0 radical (unpaired) electrons. The maximum Gasteiger partial charge on any atom is 0.394 e. The van der Waals surface area contributed by atoms with Crippen LogP contribution in [-0.2, 0) is 10.4 Å². The molecule has 0 aliphatic carbocycles. The topological polar surface area (TPSA) is 94.8 Å². The lowest BCUT2D eigenvalue weighted by molar-refractivity contribution is 0.381. The maximum atomic E-state index is 8.74. The molecule has 0 atom stereocenters.